The molecular formula is C14H9BrO2. The second kappa shape index (κ2) is 4.00. The minimum Gasteiger partial charge on any atom is -0.423 e. The lowest BCUT2D eigenvalue weighted by molar-refractivity contribution is 0.560. The van der Waals surface area contributed by atoms with E-state index in [9.17, 15) is 4.79 Å². The lowest BCUT2D eigenvalue weighted by Crippen LogP contribution is -1.99. The molecule has 0 radical (unpaired) electrons. The molecule has 0 spiro atoms. The number of rotatable bonds is 1. The van der Waals surface area contributed by atoms with Crippen LogP contribution in [0.5, 0.6) is 0 Å². The maximum atomic E-state index is 11.4. The fourth-order valence-corrected chi connectivity index (χ4v) is 2.57. The zero-order valence-electron chi connectivity index (χ0n) is 8.94. The van der Waals surface area contributed by atoms with E-state index >= 15 is 0 Å². The van der Waals surface area contributed by atoms with Crippen molar-refractivity contribution in [3.05, 3.63) is 58.4 Å². The van der Waals surface area contributed by atoms with Crippen molar-refractivity contribution >= 4 is 37.7 Å². The van der Waals surface area contributed by atoms with Crippen molar-refractivity contribution in [1.29, 1.82) is 0 Å². The van der Waals surface area contributed by atoms with Gasteiger partial charge in [0.25, 0.3) is 0 Å². The third-order valence-electron chi connectivity index (χ3n) is 2.86. The average molecular weight is 289 g/mol. The van der Waals surface area contributed by atoms with Gasteiger partial charge in [-0.3, -0.25) is 0 Å². The Bertz CT molecular complexity index is 759. The standard InChI is InChI=1S/C14H9BrO2/c15-8-10-7-13(16)17-12-6-5-9-3-1-2-4-11(9)14(10)12/h1-7H,8H2. The number of halogens is 1. The van der Waals surface area contributed by atoms with Crippen LogP contribution in [0.25, 0.3) is 21.7 Å². The molecule has 3 aromatic rings. The molecule has 0 N–H and O–H groups in total. The van der Waals surface area contributed by atoms with Gasteiger partial charge in [-0.1, -0.05) is 46.3 Å². The molecule has 0 aliphatic carbocycles. The van der Waals surface area contributed by atoms with Crippen LogP contribution in [0.2, 0.25) is 0 Å². The largest absolute Gasteiger partial charge is 0.423 e. The highest BCUT2D eigenvalue weighted by Gasteiger charge is 2.08. The topological polar surface area (TPSA) is 30.2 Å². The quantitative estimate of drug-likeness (QED) is 0.387. The van der Waals surface area contributed by atoms with Crippen molar-refractivity contribution in [3.8, 4) is 0 Å². The van der Waals surface area contributed by atoms with Crippen LogP contribution < -0.4 is 5.63 Å². The van der Waals surface area contributed by atoms with Gasteiger partial charge in [-0.15, -0.1) is 0 Å². The molecule has 0 saturated heterocycles. The second-order valence-electron chi connectivity index (χ2n) is 3.88. The number of hydrogen-bond donors (Lipinski definition) is 0. The second-order valence-corrected chi connectivity index (χ2v) is 4.44. The summed E-state index contributed by atoms with van der Waals surface area (Å²) in [6, 6.07) is 13.5. The minimum atomic E-state index is -0.303. The summed E-state index contributed by atoms with van der Waals surface area (Å²) in [6.07, 6.45) is 0. The van der Waals surface area contributed by atoms with E-state index in [-0.39, 0.29) is 5.63 Å². The molecule has 2 nitrogen and oxygen atoms in total. The summed E-state index contributed by atoms with van der Waals surface area (Å²) in [5.74, 6) is 0. The molecule has 0 unspecified atom stereocenters. The third-order valence-corrected chi connectivity index (χ3v) is 3.46. The molecule has 1 aromatic heterocycles. The first kappa shape index (κ1) is 10.5. The summed E-state index contributed by atoms with van der Waals surface area (Å²) in [5, 5.41) is 3.92. The van der Waals surface area contributed by atoms with Crippen molar-refractivity contribution < 1.29 is 4.42 Å². The van der Waals surface area contributed by atoms with E-state index in [0.717, 1.165) is 21.7 Å². The highest BCUT2D eigenvalue weighted by Crippen LogP contribution is 2.28. The SMILES string of the molecule is O=c1cc(CBr)c2c(ccc3ccccc32)o1. The lowest BCUT2D eigenvalue weighted by Gasteiger charge is -2.06. The molecule has 17 heavy (non-hydrogen) atoms. The first-order valence-electron chi connectivity index (χ1n) is 5.30. The van der Waals surface area contributed by atoms with E-state index in [4.69, 9.17) is 4.42 Å². The predicted octanol–water partition coefficient (Wildman–Crippen LogP) is 3.84. The molecule has 0 fully saturated rings. The van der Waals surface area contributed by atoms with Gasteiger partial charge in [-0.25, -0.2) is 4.79 Å². The number of hydrogen-bond acceptors (Lipinski definition) is 2. The van der Waals surface area contributed by atoms with Crippen LogP contribution in [0.1, 0.15) is 5.56 Å². The molecule has 2 aromatic carbocycles. The van der Waals surface area contributed by atoms with Gasteiger partial charge in [-0.05, 0) is 22.4 Å². The summed E-state index contributed by atoms with van der Waals surface area (Å²) in [7, 11) is 0. The Morgan fingerprint density at radius 1 is 1.12 bits per heavy atom. The van der Waals surface area contributed by atoms with Gasteiger partial charge >= 0.3 is 5.63 Å². The van der Waals surface area contributed by atoms with Crippen LogP contribution in [0.4, 0.5) is 0 Å². The molecule has 3 rings (SSSR count). The zero-order chi connectivity index (χ0) is 11.8. The summed E-state index contributed by atoms with van der Waals surface area (Å²) < 4.78 is 5.24. The van der Waals surface area contributed by atoms with Crippen LogP contribution in [-0.2, 0) is 5.33 Å². The first-order valence-corrected chi connectivity index (χ1v) is 6.42. The summed E-state index contributed by atoms with van der Waals surface area (Å²) in [4.78, 5) is 11.4. The molecule has 3 heteroatoms. The van der Waals surface area contributed by atoms with Gasteiger partial charge < -0.3 is 4.42 Å². The Morgan fingerprint density at radius 3 is 2.76 bits per heavy atom. The molecule has 0 bridgehead atoms. The summed E-state index contributed by atoms with van der Waals surface area (Å²) >= 11 is 3.42. The Labute approximate surface area is 106 Å². The maximum absolute atomic E-state index is 11.4. The Morgan fingerprint density at radius 2 is 1.94 bits per heavy atom. The van der Waals surface area contributed by atoms with Gasteiger partial charge in [0.2, 0.25) is 0 Å². The van der Waals surface area contributed by atoms with Crippen molar-refractivity contribution in [2.75, 3.05) is 0 Å². The number of alkyl halides is 1. The first-order chi connectivity index (χ1) is 8.29. The fourth-order valence-electron chi connectivity index (χ4n) is 2.13. The maximum Gasteiger partial charge on any atom is 0.336 e. The molecule has 0 atom stereocenters. The van der Waals surface area contributed by atoms with Gasteiger partial charge in [0, 0.05) is 16.8 Å². The molecule has 0 aliphatic rings. The van der Waals surface area contributed by atoms with Gasteiger partial charge in [0.05, 0.1) is 0 Å². The van der Waals surface area contributed by atoms with Crippen molar-refractivity contribution in [2.24, 2.45) is 0 Å². The Kier molecular flexibility index (Phi) is 2.48. The average Bonchev–Trinajstić information content (AvgIpc) is 2.37. The van der Waals surface area contributed by atoms with E-state index < -0.39 is 0 Å². The van der Waals surface area contributed by atoms with Crippen molar-refractivity contribution in [3.63, 3.8) is 0 Å². The van der Waals surface area contributed by atoms with Crippen LogP contribution in [0, 0.1) is 0 Å². The molecule has 84 valence electrons. The Balaban J connectivity index is 2.60. The van der Waals surface area contributed by atoms with Crippen molar-refractivity contribution in [2.45, 2.75) is 5.33 Å². The smallest absolute Gasteiger partial charge is 0.336 e. The molecule has 0 amide bonds. The zero-order valence-corrected chi connectivity index (χ0v) is 10.5. The third kappa shape index (κ3) is 1.67. The number of fused-ring (bicyclic) bond motifs is 3. The molecule has 1 heterocycles. The van der Waals surface area contributed by atoms with E-state index in [0.29, 0.717) is 10.9 Å². The summed E-state index contributed by atoms with van der Waals surface area (Å²) in [6.45, 7) is 0. The van der Waals surface area contributed by atoms with E-state index in [2.05, 4.69) is 22.0 Å². The Hall–Kier alpha value is -1.61. The van der Waals surface area contributed by atoms with Gasteiger partial charge in [-0.2, -0.15) is 0 Å². The highest BCUT2D eigenvalue weighted by atomic mass is 79.9. The van der Waals surface area contributed by atoms with Crippen molar-refractivity contribution in [1.82, 2.24) is 0 Å². The number of benzene rings is 2. The fraction of sp³-hybridized carbons (Fsp3) is 0.0714. The predicted molar refractivity (Wildman–Crippen MR) is 72.6 cm³/mol. The van der Waals surface area contributed by atoms with E-state index in [1.165, 1.54) is 0 Å². The monoisotopic (exact) mass is 288 g/mol. The molecular weight excluding hydrogens is 280 g/mol. The van der Waals surface area contributed by atoms with Crippen LogP contribution >= 0.6 is 15.9 Å². The minimum absolute atomic E-state index is 0.303. The molecule has 0 saturated carbocycles. The molecule has 0 aliphatic heterocycles. The van der Waals surface area contributed by atoms with Crippen LogP contribution in [0.3, 0.4) is 0 Å². The van der Waals surface area contributed by atoms with Gasteiger partial charge in [0.1, 0.15) is 5.58 Å². The van der Waals surface area contributed by atoms with Crippen LogP contribution in [-0.4, -0.2) is 0 Å². The van der Waals surface area contributed by atoms with Crippen LogP contribution in [0.15, 0.2) is 51.7 Å². The highest BCUT2D eigenvalue weighted by molar-refractivity contribution is 9.08. The lowest BCUT2D eigenvalue weighted by atomic mass is 10.0. The normalized spacial score (nSPS) is 11.1. The van der Waals surface area contributed by atoms with E-state index in [1.54, 1.807) is 6.07 Å². The van der Waals surface area contributed by atoms with Gasteiger partial charge in [0.15, 0.2) is 0 Å². The summed E-state index contributed by atoms with van der Waals surface area (Å²) in [5.41, 5.74) is 1.31. The van der Waals surface area contributed by atoms with E-state index in [1.807, 2.05) is 30.3 Å².